The third kappa shape index (κ3) is 4.44. The Morgan fingerprint density at radius 2 is 1.63 bits per heavy atom. The molecule has 0 bridgehead atoms. The fraction of sp³-hybridized carbons (Fsp3) is 0.417. The van der Waals surface area contributed by atoms with E-state index in [4.69, 9.17) is 19.5 Å². The van der Waals surface area contributed by atoms with Crippen molar-refractivity contribution in [1.29, 1.82) is 5.26 Å². The van der Waals surface area contributed by atoms with Gasteiger partial charge in [-0.05, 0) is 7.05 Å². The molecule has 0 heterocycles. The lowest BCUT2D eigenvalue weighted by Crippen LogP contribution is -2.19. The van der Waals surface area contributed by atoms with Gasteiger partial charge in [-0.15, -0.1) is 0 Å². The molecule has 0 fully saturated rings. The summed E-state index contributed by atoms with van der Waals surface area (Å²) in [5.41, 5.74) is 8.02. The van der Waals surface area contributed by atoms with Crippen LogP contribution in [0, 0.1) is 11.5 Å². The van der Waals surface area contributed by atoms with Crippen LogP contribution in [0.25, 0.3) is 0 Å². The molecule has 1 aromatic carbocycles. The molecule has 0 unspecified atom stereocenters. The molecule has 7 nitrogen and oxygen atoms in total. The van der Waals surface area contributed by atoms with Crippen molar-refractivity contribution in [3.8, 4) is 23.4 Å². The van der Waals surface area contributed by atoms with Crippen LogP contribution in [0.4, 0.5) is 5.69 Å². The summed E-state index contributed by atoms with van der Waals surface area (Å²) in [5, 5.41) is 9.94. The van der Waals surface area contributed by atoms with E-state index in [-0.39, 0.29) is 2.85 Å². The third-order valence-corrected chi connectivity index (χ3v) is 2.11. The van der Waals surface area contributed by atoms with Crippen LogP contribution in [0.1, 0.15) is 2.85 Å². The molecule has 7 heteroatoms. The Hall–Kier alpha value is -2.33. The summed E-state index contributed by atoms with van der Waals surface area (Å²) in [6.45, 7) is 0. The van der Waals surface area contributed by atoms with Crippen LogP contribution in [0.5, 0.6) is 17.2 Å². The number of hydrogen-bond acceptors (Lipinski definition) is 7. The maximum absolute atomic E-state index is 8.68. The Morgan fingerprint density at radius 1 is 1.16 bits per heavy atom. The van der Waals surface area contributed by atoms with Gasteiger partial charge < -0.3 is 19.9 Å². The molecule has 1 aromatic rings. The Morgan fingerprint density at radius 3 is 1.95 bits per heavy atom. The van der Waals surface area contributed by atoms with Crippen molar-refractivity contribution < 1.29 is 17.1 Å². The molecule has 0 radical (unpaired) electrons. The van der Waals surface area contributed by atoms with Crippen LogP contribution < -0.4 is 25.4 Å². The number of anilines is 1. The quantitative estimate of drug-likeness (QED) is 0.477. The number of hydrogen-bond donors (Lipinski definition) is 2. The molecule has 0 saturated carbocycles. The molecule has 0 aliphatic carbocycles. The fourth-order valence-electron chi connectivity index (χ4n) is 1.36. The van der Waals surface area contributed by atoms with Gasteiger partial charge in [-0.25, -0.2) is 5.01 Å². The monoisotopic (exact) mass is 272 g/mol. The average molecular weight is 272 g/mol. The normalized spacial score (nSPS) is 8.47. The first-order chi connectivity index (χ1) is 9.15. The van der Waals surface area contributed by atoms with Gasteiger partial charge in [0.2, 0.25) is 5.75 Å². The van der Waals surface area contributed by atoms with E-state index in [1.165, 1.54) is 33.4 Å². The number of nitrogens with one attached hydrogen (secondary N) is 1. The smallest absolute Gasteiger partial charge is 0.203 e. The van der Waals surface area contributed by atoms with E-state index >= 15 is 0 Å². The zero-order valence-electron chi connectivity index (χ0n) is 11.9. The fourth-order valence-corrected chi connectivity index (χ4v) is 1.36. The van der Waals surface area contributed by atoms with Crippen LogP contribution in [0.3, 0.4) is 0 Å². The van der Waals surface area contributed by atoms with E-state index in [9.17, 15) is 0 Å². The van der Waals surface area contributed by atoms with E-state index in [1.807, 2.05) is 6.19 Å². The number of benzene rings is 1. The summed E-state index contributed by atoms with van der Waals surface area (Å²) in [6, 6.07) is 3.43. The molecule has 110 valence electrons. The van der Waals surface area contributed by atoms with E-state index in [1.54, 1.807) is 19.2 Å². The highest BCUT2D eigenvalue weighted by Crippen LogP contribution is 2.39. The summed E-state index contributed by atoms with van der Waals surface area (Å²) in [7, 11) is 7.71. The van der Waals surface area contributed by atoms with Crippen molar-refractivity contribution in [2.75, 3.05) is 40.9 Å². The van der Waals surface area contributed by atoms with Crippen LogP contribution in [-0.4, -0.2) is 40.4 Å². The second kappa shape index (κ2) is 8.72. The second-order valence-electron chi connectivity index (χ2n) is 3.18. The number of hydrazine groups is 1. The predicted molar refractivity (Wildman–Crippen MR) is 77.4 cm³/mol. The number of rotatable bonds is 5. The first-order valence-corrected chi connectivity index (χ1v) is 5.44. The van der Waals surface area contributed by atoms with Crippen molar-refractivity contribution in [3.05, 3.63) is 12.1 Å². The summed E-state index contributed by atoms with van der Waals surface area (Å²) in [5.74, 6) is 1.57. The van der Waals surface area contributed by atoms with Crippen molar-refractivity contribution in [1.82, 2.24) is 5.01 Å². The highest BCUT2D eigenvalue weighted by atomic mass is 16.5. The molecular formula is C12H24N4O3. The van der Waals surface area contributed by atoms with Gasteiger partial charge in [-0.3, -0.25) is 5.43 Å². The summed E-state index contributed by atoms with van der Waals surface area (Å²) < 4.78 is 15.6. The lowest BCUT2D eigenvalue weighted by molar-refractivity contribution is 0.324. The molecule has 0 amide bonds. The highest BCUT2D eigenvalue weighted by Gasteiger charge is 2.13. The third-order valence-electron chi connectivity index (χ3n) is 2.11. The summed E-state index contributed by atoms with van der Waals surface area (Å²) >= 11 is 0. The van der Waals surface area contributed by atoms with Gasteiger partial charge in [0.15, 0.2) is 17.7 Å². The van der Waals surface area contributed by atoms with Crippen LogP contribution in [0.2, 0.25) is 0 Å². The van der Waals surface area contributed by atoms with Crippen molar-refractivity contribution >= 4 is 5.69 Å². The molecule has 0 aliphatic heterocycles. The molecule has 0 aromatic heterocycles. The maximum atomic E-state index is 8.68. The number of nitrogens with two attached hydrogens (primary N) is 1. The predicted octanol–water partition coefficient (Wildman–Crippen LogP) is 1.52. The summed E-state index contributed by atoms with van der Waals surface area (Å²) in [6.07, 6.45) is 1.93. The molecule has 19 heavy (non-hydrogen) atoms. The Balaban J connectivity index is -0.000000774. The van der Waals surface area contributed by atoms with Crippen LogP contribution in [0.15, 0.2) is 12.1 Å². The molecule has 0 aliphatic rings. The van der Waals surface area contributed by atoms with Gasteiger partial charge in [0.05, 0.1) is 27.0 Å². The minimum atomic E-state index is 0. The zero-order chi connectivity index (χ0) is 14.8. The average Bonchev–Trinajstić information content (AvgIpc) is 2.47. The van der Waals surface area contributed by atoms with Gasteiger partial charge in [0.25, 0.3) is 0 Å². The van der Waals surface area contributed by atoms with Crippen molar-refractivity contribution in [2.45, 2.75) is 0 Å². The van der Waals surface area contributed by atoms with Gasteiger partial charge in [0.1, 0.15) is 0 Å². The Bertz CT molecular complexity index is 416. The number of methoxy groups -OCH3 is 3. The van der Waals surface area contributed by atoms with E-state index < -0.39 is 0 Å². The highest BCUT2D eigenvalue weighted by molar-refractivity contribution is 5.62. The van der Waals surface area contributed by atoms with E-state index in [0.717, 1.165) is 0 Å². The van der Waals surface area contributed by atoms with Gasteiger partial charge in [0, 0.05) is 22.0 Å². The summed E-state index contributed by atoms with van der Waals surface area (Å²) in [4.78, 5) is 0. The molecule has 0 spiro atoms. The maximum Gasteiger partial charge on any atom is 0.203 e. The van der Waals surface area contributed by atoms with Crippen molar-refractivity contribution in [3.63, 3.8) is 0 Å². The van der Waals surface area contributed by atoms with Crippen LogP contribution >= 0.6 is 0 Å². The van der Waals surface area contributed by atoms with Gasteiger partial charge in [-0.2, -0.15) is 5.26 Å². The molecule has 3 N–H and O–H groups in total. The molecule has 0 saturated heterocycles. The zero-order valence-corrected chi connectivity index (χ0v) is 11.9. The molecule has 1 rings (SSSR count). The largest absolute Gasteiger partial charge is 0.493 e. The van der Waals surface area contributed by atoms with Crippen molar-refractivity contribution in [2.24, 2.45) is 5.73 Å². The minimum Gasteiger partial charge on any atom is -0.493 e. The van der Waals surface area contributed by atoms with Gasteiger partial charge >= 0.3 is 0 Å². The lowest BCUT2D eigenvalue weighted by Gasteiger charge is -2.17. The second-order valence-corrected chi connectivity index (χ2v) is 3.18. The van der Waals surface area contributed by atoms with Crippen LogP contribution in [-0.2, 0) is 0 Å². The first kappa shape index (κ1) is 16.7. The number of nitrogens with zero attached hydrogens (tertiary/aromatic N) is 2. The SMILES string of the molecule is CN.COc1cc(NN(C)C#N)cc(OC)c1OC.[HH].[HH]. The van der Waals surface area contributed by atoms with Gasteiger partial charge in [-0.1, -0.05) is 0 Å². The molecular weight excluding hydrogens is 248 g/mol. The molecule has 0 atom stereocenters. The van der Waals surface area contributed by atoms with E-state index in [0.29, 0.717) is 22.9 Å². The number of nitriles is 1. The standard InChI is InChI=1S/C11H15N3O3.CH5N.2H2/c1-14(7-12)13-8-5-9(15-2)11(17-4)10(6-8)16-3;1-2;;/h5-6,13H,1-4H3;2H2,1H3;2*1H. The lowest BCUT2D eigenvalue weighted by atomic mass is 10.2. The Labute approximate surface area is 116 Å². The topological polar surface area (TPSA) is 92.8 Å². The first-order valence-electron chi connectivity index (χ1n) is 5.44. The number of ether oxygens (including phenoxy) is 3. The Kier molecular flexibility index (Phi) is 7.65. The van der Waals surface area contributed by atoms with E-state index in [2.05, 4.69) is 11.2 Å². The minimum absolute atomic E-state index is 0.